The highest BCUT2D eigenvalue weighted by Crippen LogP contribution is 2.37. The van der Waals surface area contributed by atoms with Crippen molar-refractivity contribution in [3.8, 4) is 5.75 Å². The van der Waals surface area contributed by atoms with Crippen molar-refractivity contribution in [3.05, 3.63) is 45.8 Å². The topological polar surface area (TPSA) is 67.9 Å². The number of nitrogens with zero attached hydrogens (tertiary/aromatic N) is 1. The summed E-state index contributed by atoms with van der Waals surface area (Å²) in [5.74, 6) is -0.00390. The molecule has 0 spiro atoms. The van der Waals surface area contributed by atoms with Gasteiger partial charge in [-0.05, 0) is 44.5 Å². The normalized spacial score (nSPS) is 13.2. The van der Waals surface area contributed by atoms with Crippen LogP contribution in [0.15, 0.2) is 24.3 Å². The Hall–Kier alpha value is -2.09. The van der Waals surface area contributed by atoms with Crippen LogP contribution in [0.4, 0.5) is 5.00 Å². The third kappa shape index (κ3) is 5.04. The van der Waals surface area contributed by atoms with E-state index in [0.717, 1.165) is 35.5 Å². The predicted molar refractivity (Wildman–Crippen MR) is 113 cm³/mol. The Morgan fingerprint density at radius 3 is 2.75 bits per heavy atom. The Bertz CT molecular complexity index is 853. The summed E-state index contributed by atoms with van der Waals surface area (Å²) in [6.07, 6.45) is 0.770. The molecule has 0 saturated heterocycles. The van der Waals surface area contributed by atoms with Gasteiger partial charge < -0.3 is 19.7 Å². The number of aryl methyl sites for hydroxylation is 1. The fraction of sp³-hybridized carbons (Fsp3) is 0.400. The van der Waals surface area contributed by atoms with Gasteiger partial charge in [-0.2, -0.15) is 0 Å². The van der Waals surface area contributed by atoms with E-state index in [9.17, 15) is 9.59 Å². The average Bonchev–Trinajstić information content (AvgIpc) is 2.98. The molecule has 1 N–H and O–H groups in total. The molecule has 3 rings (SSSR count). The summed E-state index contributed by atoms with van der Waals surface area (Å²) in [5.41, 5.74) is 2.45. The van der Waals surface area contributed by atoms with Crippen LogP contribution in [-0.4, -0.2) is 43.6 Å². The Balaban J connectivity index is 0.00000280. The minimum Gasteiger partial charge on any atom is -0.483 e. The second-order valence-electron chi connectivity index (χ2n) is 6.52. The fourth-order valence-corrected chi connectivity index (χ4v) is 4.39. The molecule has 1 amide bonds. The quantitative estimate of drug-likeness (QED) is 0.717. The predicted octanol–water partition coefficient (Wildman–Crippen LogP) is 3.66. The number of hydrogen-bond donors (Lipinski definition) is 1. The van der Waals surface area contributed by atoms with Crippen molar-refractivity contribution in [1.29, 1.82) is 0 Å². The van der Waals surface area contributed by atoms with Crippen molar-refractivity contribution in [2.75, 3.05) is 32.1 Å². The second-order valence-corrected chi connectivity index (χ2v) is 7.62. The molecule has 0 saturated carbocycles. The summed E-state index contributed by atoms with van der Waals surface area (Å²) in [4.78, 5) is 28.2. The zero-order valence-electron chi connectivity index (χ0n) is 16.2. The van der Waals surface area contributed by atoms with Crippen molar-refractivity contribution in [1.82, 2.24) is 4.90 Å². The second kappa shape index (κ2) is 9.91. The molecule has 1 aliphatic heterocycles. The molecule has 2 heterocycles. The van der Waals surface area contributed by atoms with Gasteiger partial charge in [0.15, 0.2) is 6.61 Å². The van der Waals surface area contributed by atoms with Gasteiger partial charge in [0.25, 0.3) is 5.91 Å². The lowest BCUT2D eigenvalue weighted by molar-refractivity contribution is -0.118. The Kier molecular flexibility index (Phi) is 7.86. The van der Waals surface area contributed by atoms with Crippen LogP contribution in [-0.2, 0) is 22.5 Å². The number of hydrogen-bond acceptors (Lipinski definition) is 6. The van der Waals surface area contributed by atoms with Crippen molar-refractivity contribution in [2.45, 2.75) is 26.8 Å². The van der Waals surface area contributed by atoms with E-state index in [-0.39, 0.29) is 30.9 Å². The monoisotopic (exact) mass is 424 g/mol. The Morgan fingerprint density at radius 2 is 2.04 bits per heavy atom. The number of halogens is 1. The maximum atomic E-state index is 12.5. The molecule has 1 aliphatic rings. The van der Waals surface area contributed by atoms with Crippen LogP contribution in [0.5, 0.6) is 5.75 Å². The highest BCUT2D eigenvalue weighted by Gasteiger charge is 2.28. The van der Waals surface area contributed by atoms with E-state index in [1.165, 1.54) is 11.3 Å². The van der Waals surface area contributed by atoms with Crippen molar-refractivity contribution in [2.24, 2.45) is 0 Å². The molecule has 0 bridgehead atoms. The third-order valence-corrected chi connectivity index (χ3v) is 5.56. The summed E-state index contributed by atoms with van der Waals surface area (Å²) in [5, 5.41) is 3.40. The van der Waals surface area contributed by atoms with Gasteiger partial charge in [0.05, 0.1) is 12.2 Å². The Labute approximate surface area is 175 Å². The third-order valence-electron chi connectivity index (χ3n) is 4.43. The van der Waals surface area contributed by atoms with E-state index in [4.69, 9.17) is 9.47 Å². The minimum absolute atomic E-state index is 0. The molecular formula is C20H25ClN2O4S. The van der Waals surface area contributed by atoms with Gasteiger partial charge in [0.1, 0.15) is 10.8 Å². The number of ether oxygens (including phenoxy) is 2. The minimum atomic E-state index is -0.380. The standard InChI is InChI=1S/C20H24N2O4S.ClH/c1-4-25-20(24)18-14-9-10-22(3)11-16(14)27-19(18)21-17(23)12-26-15-8-6-5-7-13(15)2;/h5-8H,4,9-12H2,1-3H3,(H,21,23);1H. The highest BCUT2D eigenvalue weighted by molar-refractivity contribution is 7.17. The van der Waals surface area contributed by atoms with E-state index in [1.807, 2.05) is 38.2 Å². The number of nitrogens with one attached hydrogen (secondary N) is 1. The number of carbonyl (C=O) groups is 2. The van der Waals surface area contributed by atoms with Crippen molar-refractivity contribution in [3.63, 3.8) is 0 Å². The molecule has 0 radical (unpaired) electrons. The summed E-state index contributed by atoms with van der Waals surface area (Å²) < 4.78 is 10.8. The van der Waals surface area contributed by atoms with Crippen LogP contribution < -0.4 is 10.1 Å². The number of likely N-dealkylation sites (N-methyl/N-ethyl adjacent to an activating group) is 1. The summed E-state index contributed by atoms with van der Waals surface area (Å²) >= 11 is 1.44. The molecule has 6 nitrogen and oxygen atoms in total. The zero-order valence-corrected chi connectivity index (χ0v) is 17.9. The van der Waals surface area contributed by atoms with E-state index in [1.54, 1.807) is 6.92 Å². The number of carbonyl (C=O) groups excluding carboxylic acids is 2. The number of fused-ring (bicyclic) bond motifs is 1. The number of thiophene rings is 1. The molecule has 0 aliphatic carbocycles. The molecule has 28 heavy (non-hydrogen) atoms. The molecule has 2 aromatic rings. The van der Waals surface area contributed by atoms with Gasteiger partial charge in [0, 0.05) is 18.0 Å². The molecule has 1 aromatic heterocycles. The summed E-state index contributed by atoms with van der Waals surface area (Å²) in [6.45, 7) is 5.53. The summed E-state index contributed by atoms with van der Waals surface area (Å²) in [6, 6.07) is 7.53. The maximum absolute atomic E-state index is 12.5. The first-order valence-electron chi connectivity index (χ1n) is 8.98. The number of amides is 1. The van der Waals surface area contributed by atoms with Crippen LogP contribution in [0.2, 0.25) is 0 Å². The van der Waals surface area contributed by atoms with Gasteiger partial charge in [-0.25, -0.2) is 4.79 Å². The van der Waals surface area contributed by atoms with Crippen LogP contribution in [0, 0.1) is 6.92 Å². The van der Waals surface area contributed by atoms with E-state index >= 15 is 0 Å². The Morgan fingerprint density at radius 1 is 1.29 bits per heavy atom. The first-order chi connectivity index (χ1) is 13.0. The maximum Gasteiger partial charge on any atom is 0.341 e. The van der Waals surface area contributed by atoms with Crippen molar-refractivity contribution >= 4 is 40.6 Å². The number of rotatable bonds is 6. The van der Waals surface area contributed by atoms with Crippen LogP contribution in [0.3, 0.4) is 0 Å². The molecule has 0 atom stereocenters. The van der Waals surface area contributed by atoms with E-state index < -0.39 is 0 Å². The fourth-order valence-electron chi connectivity index (χ4n) is 3.06. The smallest absolute Gasteiger partial charge is 0.341 e. The number of esters is 1. The molecule has 1 aromatic carbocycles. The van der Waals surface area contributed by atoms with Gasteiger partial charge in [-0.1, -0.05) is 18.2 Å². The largest absolute Gasteiger partial charge is 0.483 e. The molecule has 8 heteroatoms. The van der Waals surface area contributed by atoms with E-state index in [2.05, 4.69) is 10.2 Å². The van der Waals surface area contributed by atoms with Crippen molar-refractivity contribution < 1.29 is 19.1 Å². The van der Waals surface area contributed by atoms with Gasteiger partial charge in [-0.15, -0.1) is 23.7 Å². The molecule has 0 fully saturated rings. The van der Waals surface area contributed by atoms with E-state index in [0.29, 0.717) is 22.9 Å². The molecule has 152 valence electrons. The number of para-hydroxylation sites is 1. The first kappa shape index (κ1) is 22.2. The lowest BCUT2D eigenvalue weighted by atomic mass is 10.0. The lowest BCUT2D eigenvalue weighted by Gasteiger charge is -2.22. The van der Waals surface area contributed by atoms with Gasteiger partial charge in [-0.3, -0.25) is 4.79 Å². The summed E-state index contributed by atoms with van der Waals surface area (Å²) in [7, 11) is 2.04. The number of anilines is 1. The van der Waals surface area contributed by atoms with Gasteiger partial charge >= 0.3 is 5.97 Å². The average molecular weight is 425 g/mol. The SMILES string of the molecule is CCOC(=O)c1c(NC(=O)COc2ccccc2C)sc2c1CCN(C)C2.Cl. The van der Waals surface area contributed by atoms with Crippen LogP contribution in [0.1, 0.15) is 33.3 Å². The zero-order chi connectivity index (χ0) is 19.4. The highest BCUT2D eigenvalue weighted by atomic mass is 35.5. The molecule has 0 unspecified atom stereocenters. The molecular weight excluding hydrogens is 400 g/mol. The van der Waals surface area contributed by atoms with Crippen LogP contribution >= 0.6 is 23.7 Å². The van der Waals surface area contributed by atoms with Gasteiger partial charge in [0.2, 0.25) is 0 Å². The number of benzene rings is 1. The van der Waals surface area contributed by atoms with Crippen LogP contribution in [0.25, 0.3) is 0 Å². The lowest BCUT2D eigenvalue weighted by Crippen LogP contribution is -2.26. The first-order valence-corrected chi connectivity index (χ1v) is 9.79.